The van der Waals surface area contributed by atoms with E-state index >= 15 is 0 Å². The molecule has 0 spiro atoms. The molecule has 20 heavy (non-hydrogen) atoms. The maximum absolute atomic E-state index is 9.66. The summed E-state index contributed by atoms with van der Waals surface area (Å²) in [6, 6.07) is 11.7. The van der Waals surface area contributed by atoms with Gasteiger partial charge in [-0.3, -0.25) is 0 Å². The van der Waals surface area contributed by atoms with Gasteiger partial charge < -0.3 is 10.0 Å². The molecule has 1 aromatic carbocycles. The van der Waals surface area contributed by atoms with Crippen molar-refractivity contribution in [2.45, 2.75) is 26.0 Å². The molecule has 106 valence electrons. The molecule has 3 nitrogen and oxygen atoms in total. The molecule has 1 unspecified atom stereocenters. The Balaban J connectivity index is 2.24. The summed E-state index contributed by atoms with van der Waals surface area (Å²) in [5, 5.41) is 10.4. The van der Waals surface area contributed by atoms with Crippen LogP contribution in [0.5, 0.6) is 0 Å². The van der Waals surface area contributed by atoms with Gasteiger partial charge >= 0.3 is 0 Å². The average Bonchev–Trinajstić information content (AvgIpc) is 2.46. The van der Waals surface area contributed by atoms with Crippen LogP contribution in [0.3, 0.4) is 0 Å². The molecule has 1 N–H and O–H groups in total. The Labute approximate surface area is 124 Å². The fraction of sp³-hybridized carbons (Fsp3) is 0.312. The van der Waals surface area contributed by atoms with Gasteiger partial charge in [-0.05, 0) is 49.2 Å². The first-order valence-corrected chi connectivity index (χ1v) is 6.99. The molecule has 0 radical (unpaired) electrons. The number of pyridine rings is 1. The van der Waals surface area contributed by atoms with E-state index in [4.69, 9.17) is 11.6 Å². The molecule has 0 fully saturated rings. The van der Waals surface area contributed by atoms with Crippen LogP contribution in [0.4, 0.5) is 5.82 Å². The first-order valence-electron chi connectivity index (χ1n) is 6.61. The standard InChI is InChI=1S/C16H19ClN2O/c1-11(13-4-6-15(17)7-5-13)19(3)16-10-14(12(2)20)8-9-18-16/h4-12,20H,1-3H3/t11?,12-/m1/s1. The molecular formula is C16H19ClN2O. The number of rotatable bonds is 4. The van der Waals surface area contributed by atoms with Crippen LogP contribution in [0.25, 0.3) is 0 Å². The third-order valence-electron chi connectivity index (χ3n) is 3.55. The van der Waals surface area contributed by atoms with E-state index in [1.165, 1.54) is 5.56 Å². The van der Waals surface area contributed by atoms with Gasteiger partial charge in [0.25, 0.3) is 0 Å². The van der Waals surface area contributed by atoms with Gasteiger partial charge in [0.1, 0.15) is 5.82 Å². The molecule has 4 heteroatoms. The summed E-state index contributed by atoms with van der Waals surface area (Å²) in [6.07, 6.45) is 1.23. The van der Waals surface area contributed by atoms with E-state index in [-0.39, 0.29) is 6.04 Å². The van der Waals surface area contributed by atoms with Crippen molar-refractivity contribution in [2.75, 3.05) is 11.9 Å². The maximum atomic E-state index is 9.66. The largest absolute Gasteiger partial charge is 0.389 e. The molecule has 2 atom stereocenters. The van der Waals surface area contributed by atoms with Gasteiger partial charge in [0.15, 0.2) is 0 Å². The van der Waals surface area contributed by atoms with Crippen molar-refractivity contribution >= 4 is 17.4 Å². The molecule has 0 saturated heterocycles. The molecule has 0 bridgehead atoms. The minimum absolute atomic E-state index is 0.170. The second-order valence-electron chi connectivity index (χ2n) is 4.96. The molecule has 2 rings (SSSR count). The van der Waals surface area contributed by atoms with Gasteiger partial charge in [-0.2, -0.15) is 0 Å². The number of aromatic nitrogens is 1. The molecule has 1 aromatic heterocycles. The zero-order valence-corrected chi connectivity index (χ0v) is 12.7. The van der Waals surface area contributed by atoms with Gasteiger partial charge in [0, 0.05) is 18.3 Å². The summed E-state index contributed by atoms with van der Waals surface area (Å²) in [6.45, 7) is 3.86. The highest BCUT2D eigenvalue weighted by Gasteiger charge is 2.14. The maximum Gasteiger partial charge on any atom is 0.129 e. The Morgan fingerprint density at radius 1 is 1.10 bits per heavy atom. The number of halogens is 1. The van der Waals surface area contributed by atoms with Crippen molar-refractivity contribution < 1.29 is 5.11 Å². The van der Waals surface area contributed by atoms with Crippen molar-refractivity contribution in [3.63, 3.8) is 0 Å². The van der Waals surface area contributed by atoms with Crippen molar-refractivity contribution in [1.82, 2.24) is 4.98 Å². The van der Waals surface area contributed by atoms with Gasteiger partial charge in [0.05, 0.1) is 12.1 Å². The highest BCUT2D eigenvalue weighted by Crippen LogP contribution is 2.26. The van der Waals surface area contributed by atoms with Crippen LogP contribution in [-0.2, 0) is 0 Å². The smallest absolute Gasteiger partial charge is 0.129 e. The lowest BCUT2D eigenvalue weighted by atomic mass is 10.1. The highest BCUT2D eigenvalue weighted by atomic mass is 35.5. The molecule has 1 heterocycles. The summed E-state index contributed by atoms with van der Waals surface area (Å²) in [7, 11) is 1.99. The zero-order valence-electron chi connectivity index (χ0n) is 11.9. The van der Waals surface area contributed by atoms with E-state index in [2.05, 4.69) is 16.8 Å². The molecule has 0 aliphatic carbocycles. The van der Waals surface area contributed by atoms with Gasteiger partial charge in [0.2, 0.25) is 0 Å². The summed E-state index contributed by atoms with van der Waals surface area (Å²) in [5.41, 5.74) is 2.03. The van der Waals surface area contributed by atoms with Crippen molar-refractivity contribution in [2.24, 2.45) is 0 Å². The number of aliphatic hydroxyl groups excluding tert-OH is 1. The Bertz CT molecular complexity index is 569. The predicted octanol–water partition coefficient (Wildman–Crippen LogP) is 3.99. The topological polar surface area (TPSA) is 36.4 Å². The highest BCUT2D eigenvalue weighted by molar-refractivity contribution is 6.30. The lowest BCUT2D eigenvalue weighted by Crippen LogP contribution is -2.22. The summed E-state index contributed by atoms with van der Waals surface area (Å²) in [5.74, 6) is 0.839. The monoisotopic (exact) mass is 290 g/mol. The van der Waals surface area contributed by atoms with Crippen LogP contribution >= 0.6 is 11.6 Å². The molecule has 0 aliphatic rings. The van der Waals surface area contributed by atoms with Gasteiger partial charge in [-0.25, -0.2) is 4.98 Å². The second kappa shape index (κ2) is 6.25. The minimum Gasteiger partial charge on any atom is -0.389 e. The number of anilines is 1. The summed E-state index contributed by atoms with van der Waals surface area (Å²) in [4.78, 5) is 6.45. The summed E-state index contributed by atoms with van der Waals surface area (Å²) < 4.78 is 0. The zero-order chi connectivity index (χ0) is 14.7. The van der Waals surface area contributed by atoms with Crippen LogP contribution in [0, 0.1) is 0 Å². The molecule has 0 saturated carbocycles. The van der Waals surface area contributed by atoms with Crippen LogP contribution < -0.4 is 4.90 Å². The van der Waals surface area contributed by atoms with E-state index in [1.807, 2.05) is 43.4 Å². The lowest BCUT2D eigenvalue weighted by Gasteiger charge is -2.27. The van der Waals surface area contributed by atoms with Crippen LogP contribution in [0.15, 0.2) is 42.6 Å². The van der Waals surface area contributed by atoms with E-state index in [1.54, 1.807) is 13.1 Å². The Morgan fingerprint density at radius 2 is 1.75 bits per heavy atom. The number of benzene rings is 1. The Kier molecular flexibility index (Phi) is 4.63. The minimum atomic E-state index is -0.490. The van der Waals surface area contributed by atoms with E-state index in [9.17, 15) is 5.11 Å². The molecule has 0 amide bonds. The third kappa shape index (κ3) is 3.30. The average molecular weight is 291 g/mol. The quantitative estimate of drug-likeness (QED) is 0.925. The van der Waals surface area contributed by atoms with Crippen LogP contribution in [-0.4, -0.2) is 17.1 Å². The fourth-order valence-corrected chi connectivity index (χ4v) is 2.18. The fourth-order valence-electron chi connectivity index (χ4n) is 2.05. The van der Waals surface area contributed by atoms with E-state index < -0.39 is 6.10 Å². The predicted molar refractivity (Wildman–Crippen MR) is 83.1 cm³/mol. The third-order valence-corrected chi connectivity index (χ3v) is 3.80. The second-order valence-corrected chi connectivity index (χ2v) is 5.40. The van der Waals surface area contributed by atoms with E-state index in [0.29, 0.717) is 0 Å². The van der Waals surface area contributed by atoms with Crippen molar-refractivity contribution in [1.29, 1.82) is 0 Å². The van der Waals surface area contributed by atoms with Crippen LogP contribution in [0.1, 0.15) is 37.1 Å². The van der Waals surface area contributed by atoms with Gasteiger partial charge in [-0.15, -0.1) is 0 Å². The van der Waals surface area contributed by atoms with Crippen molar-refractivity contribution in [3.05, 3.63) is 58.7 Å². The van der Waals surface area contributed by atoms with Gasteiger partial charge in [-0.1, -0.05) is 23.7 Å². The number of aliphatic hydroxyl groups is 1. The SMILES string of the molecule is CC(c1ccc(Cl)cc1)N(C)c1cc([C@@H](C)O)ccn1. The number of hydrogen-bond acceptors (Lipinski definition) is 3. The van der Waals surface area contributed by atoms with E-state index in [0.717, 1.165) is 16.4 Å². The lowest BCUT2D eigenvalue weighted by molar-refractivity contribution is 0.199. The Hall–Kier alpha value is -1.58. The molecule has 2 aromatic rings. The Morgan fingerprint density at radius 3 is 2.35 bits per heavy atom. The van der Waals surface area contributed by atoms with Crippen molar-refractivity contribution in [3.8, 4) is 0 Å². The number of hydrogen-bond donors (Lipinski definition) is 1. The normalized spacial score (nSPS) is 13.8. The van der Waals surface area contributed by atoms with Crippen LogP contribution in [0.2, 0.25) is 5.02 Å². The number of nitrogens with zero attached hydrogens (tertiary/aromatic N) is 2. The molecular weight excluding hydrogens is 272 g/mol. The summed E-state index contributed by atoms with van der Waals surface area (Å²) >= 11 is 5.91. The first kappa shape index (κ1) is 14.8. The molecule has 0 aliphatic heterocycles. The first-order chi connectivity index (χ1) is 9.49.